The highest BCUT2D eigenvalue weighted by atomic mass is 35.5. The van der Waals surface area contributed by atoms with Crippen molar-refractivity contribution in [2.24, 2.45) is 0 Å². The van der Waals surface area contributed by atoms with Crippen molar-refractivity contribution >= 4 is 34.8 Å². The maximum absolute atomic E-state index is 12.1. The topological polar surface area (TPSA) is 114 Å². The molecule has 0 saturated carbocycles. The second-order valence-corrected chi connectivity index (χ2v) is 6.02. The van der Waals surface area contributed by atoms with E-state index in [0.717, 1.165) is 19.4 Å². The van der Waals surface area contributed by atoms with Gasteiger partial charge >= 0.3 is 0 Å². The molecule has 1 unspecified atom stereocenters. The van der Waals surface area contributed by atoms with Crippen LogP contribution in [0.15, 0.2) is 30.6 Å². The number of hydrazine groups is 1. The van der Waals surface area contributed by atoms with Crippen LogP contribution in [0.4, 0.5) is 17.3 Å². The summed E-state index contributed by atoms with van der Waals surface area (Å²) in [6, 6.07) is 6.53. The van der Waals surface area contributed by atoms with Crippen LogP contribution in [-0.2, 0) is 4.74 Å². The fourth-order valence-corrected chi connectivity index (χ4v) is 2.57. The normalized spacial score (nSPS) is 16.4. The van der Waals surface area contributed by atoms with Crippen LogP contribution in [-0.4, -0.2) is 35.1 Å². The third-order valence-electron chi connectivity index (χ3n) is 3.81. The number of rotatable bonds is 6. The van der Waals surface area contributed by atoms with E-state index in [2.05, 4.69) is 26.1 Å². The number of ether oxygens (including phenoxy) is 1. The van der Waals surface area contributed by atoms with Crippen molar-refractivity contribution in [1.82, 2.24) is 15.4 Å². The molecule has 25 heavy (non-hydrogen) atoms. The quantitative estimate of drug-likeness (QED) is 0.581. The van der Waals surface area contributed by atoms with Crippen LogP contribution in [0.1, 0.15) is 23.2 Å². The minimum Gasteiger partial charge on any atom is -0.393 e. The molecule has 1 aliphatic rings. The van der Waals surface area contributed by atoms with E-state index in [9.17, 15) is 4.79 Å². The smallest absolute Gasteiger partial charge is 0.269 e. The maximum atomic E-state index is 12.1. The molecule has 132 valence electrons. The van der Waals surface area contributed by atoms with Gasteiger partial charge in [0.05, 0.1) is 6.10 Å². The lowest BCUT2D eigenvalue weighted by Gasteiger charge is -2.15. The Kier molecular flexibility index (Phi) is 5.52. The Balaban J connectivity index is 1.59. The summed E-state index contributed by atoms with van der Waals surface area (Å²) in [5.41, 5.74) is 12.1. The number of nitrogens with two attached hydrogens (primary N) is 1. The number of benzene rings is 1. The summed E-state index contributed by atoms with van der Waals surface area (Å²) in [6.07, 6.45) is 3.61. The van der Waals surface area contributed by atoms with Gasteiger partial charge in [-0.15, -0.1) is 0 Å². The van der Waals surface area contributed by atoms with Crippen LogP contribution < -0.4 is 21.9 Å². The van der Waals surface area contributed by atoms with Gasteiger partial charge in [0.25, 0.3) is 5.91 Å². The largest absolute Gasteiger partial charge is 0.393 e. The molecular weight excluding hydrogens is 344 g/mol. The van der Waals surface area contributed by atoms with Crippen LogP contribution in [0.3, 0.4) is 0 Å². The molecule has 3 rings (SSSR count). The number of anilines is 3. The Bertz CT molecular complexity index is 734. The van der Waals surface area contributed by atoms with Crippen molar-refractivity contribution in [3.05, 3.63) is 41.2 Å². The van der Waals surface area contributed by atoms with Gasteiger partial charge < -0.3 is 15.8 Å². The average Bonchev–Trinajstić information content (AvgIpc) is 3.14. The van der Waals surface area contributed by atoms with Crippen LogP contribution in [0.25, 0.3) is 0 Å². The molecule has 5 N–H and O–H groups in total. The van der Waals surface area contributed by atoms with Gasteiger partial charge in [0, 0.05) is 23.7 Å². The first-order chi connectivity index (χ1) is 12.1. The summed E-state index contributed by atoms with van der Waals surface area (Å²) in [4.78, 5) is 20.3. The standard InChI is InChI=1S/C16H19ClN6O2/c17-11-5-3-10(4-6-11)16(24)23-22-15-13(18)14(20-9-21-15)19-8-12-2-1-7-25-12/h3-6,9,12H,1-2,7-8,18H2,(H,23,24)(H2,19,20,21,22). The minimum absolute atomic E-state index is 0.162. The summed E-state index contributed by atoms with van der Waals surface area (Å²) in [7, 11) is 0. The van der Waals surface area contributed by atoms with E-state index >= 15 is 0 Å². The average molecular weight is 363 g/mol. The van der Waals surface area contributed by atoms with Gasteiger partial charge in [-0.25, -0.2) is 9.97 Å². The number of nitrogens with one attached hydrogen (secondary N) is 3. The molecule has 0 radical (unpaired) electrons. The zero-order valence-electron chi connectivity index (χ0n) is 13.5. The number of halogens is 1. The second kappa shape index (κ2) is 8.00. The Morgan fingerprint density at radius 2 is 2.04 bits per heavy atom. The molecule has 1 saturated heterocycles. The minimum atomic E-state index is -0.330. The van der Waals surface area contributed by atoms with Gasteiger partial charge in [0.15, 0.2) is 11.6 Å². The third-order valence-corrected chi connectivity index (χ3v) is 4.06. The monoisotopic (exact) mass is 362 g/mol. The number of aromatic nitrogens is 2. The van der Waals surface area contributed by atoms with Crippen LogP contribution in [0, 0.1) is 0 Å². The maximum Gasteiger partial charge on any atom is 0.269 e. The van der Waals surface area contributed by atoms with Crippen LogP contribution >= 0.6 is 11.6 Å². The molecule has 0 spiro atoms. The molecular formula is C16H19ClN6O2. The van der Waals surface area contributed by atoms with Crippen LogP contribution in [0.5, 0.6) is 0 Å². The highest BCUT2D eigenvalue weighted by Gasteiger charge is 2.16. The van der Waals surface area contributed by atoms with E-state index in [1.54, 1.807) is 24.3 Å². The Morgan fingerprint density at radius 3 is 2.76 bits per heavy atom. The van der Waals surface area contributed by atoms with Crippen molar-refractivity contribution in [3.63, 3.8) is 0 Å². The molecule has 1 aromatic heterocycles. The summed E-state index contributed by atoms with van der Waals surface area (Å²) >= 11 is 5.81. The predicted molar refractivity (Wildman–Crippen MR) is 96.4 cm³/mol. The lowest BCUT2D eigenvalue weighted by molar-refractivity contribution is 0.0962. The third kappa shape index (κ3) is 4.49. The first-order valence-electron chi connectivity index (χ1n) is 7.91. The Morgan fingerprint density at radius 1 is 1.28 bits per heavy atom. The van der Waals surface area contributed by atoms with E-state index in [4.69, 9.17) is 22.1 Å². The summed E-state index contributed by atoms with van der Waals surface area (Å²) in [5, 5.41) is 3.71. The molecule has 1 atom stereocenters. The molecule has 1 aromatic carbocycles. The highest BCUT2D eigenvalue weighted by molar-refractivity contribution is 6.30. The van der Waals surface area contributed by atoms with E-state index in [-0.39, 0.29) is 12.0 Å². The van der Waals surface area contributed by atoms with Gasteiger partial charge in [0.1, 0.15) is 12.0 Å². The van der Waals surface area contributed by atoms with Crippen molar-refractivity contribution in [2.45, 2.75) is 18.9 Å². The van der Waals surface area contributed by atoms with E-state index < -0.39 is 0 Å². The summed E-state index contributed by atoms with van der Waals surface area (Å²) in [5.74, 6) is 0.476. The first-order valence-corrected chi connectivity index (χ1v) is 8.29. The zero-order chi connectivity index (χ0) is 17.6. The van der Waals surface area contributed by atoms with Crippen LogP contribution in [0.2, 0.25) is 5.02 Å². The molecule has 9 heteroatoms. The summed E-state index contributed by atoms with van der Waals surface area (Å²) < 4.78 is 5.55. The number of nitrogens with zero attached hydrogens (tertiary/aromatic N) is 2. The van der Waals surface area contributed by atoms with E-state index in [1.165, 1.54) is 6.33 Å². The lowest BCUT2D eigenvalue weighted by Crippen LogP contribution is -2.30. The van der Waals surface area contributed by atoms with Crippen molar-refractivity contribution in [2.75, 3.05) is 29.6 Å². The molecule has 1 aliphatic heterocycles. The number of amides is 1. The Labute approximate surface area is 150 Å². The molecule has 0 aliphatic carbocycles. The number of nitrogen functional groups attached to an aromatic ring is 1. The number of carbonyl (C=O) groups excluding carboxylic acids is 1. The van der Waals surface area contributed by atoms with Crippen molar-refractivity contribution in [1.29, 1.82) is 0 Å². The fourth-order valence-electron chi connectivity index (χ4n) is 2.44. The second-order valence-electron chi connectivity index (χ2n) is 5.59. The van der Waals surface area contributed by atoms with E-state index in [0.29, 0.717) is 34.5 Å². The molecule has 1 fully saturated rings. The molecule has 8 nitrogen and oxygen atoms in total. The fraction of sp³-hybridized carbons (Fsp3) is 0.312. The predicted octanol–water partition coefficient (Wildman–Crippen LogP) is 2.06. The van der Waals surface area contributed by atoms with Gasteiger partial charge in [-0.1, -0.05) is 11.6 Å². The lowest BCUT2D eigenvalue weighted by atomic mass is 10.2. The number of carbonyl (C=O) groups is 1. The molecule has 2 heterocycles. The van der Waals surface area contributed by atoms with Gasteiger partial charge in [-0.2, -0.15) is 0 Å². The zero-order valence-corrected chi connectivity index (χ0v) is 14.2. The molecule has 0 bridgehead atoms. The summed E-state index contributed by atoms with van der Waals surface area (Å²) in [6.45, 7) is 1.41. The molecule has 2 aromatic rings. The first kappa shape index (κ1) is 17.2. The highest BCUT2D eigenvalue weighted by Crippen LogP contribution is 2.22. The van der Waals surface area contributed by atoms with Crippen molar-refractivity contribution < 1.29 is 9.53 Å². The number of hydrogen-bond donors (Lipinski definition) is 4. The SMILES string of the molecule is Nc1c(NCC2CCCO2)ncnc1NNC(=O)c1ccc(Cl)cc1. The van der Waals surface area contributed by atoms with Gasteiger partial charge in [-0.05, 0) is 37.1 Å². The Hall–Kier alpha value is -2.58. The van der Waals surface area contributed by atoms with Gasteiger partial charge in [-0.3, -0.25) is 15.6 Å². The number of hydrogen-bond acceptors (Lipinski definition) is 7. The van der Waals surface area contributed by atoms with E-state index in [1.807, 2.05) is 0 Å². The van der Waals surface area contributed by atoms with Gasteiger partial charge in [0.2, 0.25) is 0 Å². The van der Waals surface area contributed by atoms with Crippen molar-refractivity contribution in [3.8, 4) is 0 Å². The molecule has 1 amide bonds.